The molecule has 1 saturated carbocycles. The zero-order valence-corrected chi connectivity index (χ0v) is 24.1. The largest absolute Gasteiger partial charge is 0.497 e. The summed E-state index contributed by atoms with van der Waals surface area (Å²) >= 11 is 0. The van der Waals surface area contributed by atoms with E-state index in [0.29, 0.717) is 13.0 Å². The van der Waals surface area contributed by atoms with Crippen LogP contribution in [0.2, 0.25) is 0 Å². The summed E-state index contributed by atoms with van der Waals surface area (Å²) in [4.78, 5) is 17.4. The van der Waals surface area contributed by atoms with Gasteiger partial charge in [-0.15, -0.1) is 0 Å². The van der Waals surface area contributed by atoms with E-state index in [2.05, 4.69) is 41.0 Å². The number of esters is 1. The van der Waals surface area contributed by atoms with Crippen LogP contribution in [0.4, 0.5) is 5.69 Å². The Bertz CT molecular complexity index is 1310. The molecule has 8 nitrogen and oxygen atoms in total. The maximum Gasteiger partial charge on any atom is 0.303 e. The second-order valence-corrected chi connectivity index (χ2v) is 11.8. The first kappa shape index (κ1) is 27.1. The number of rotatable bonds is 8. The van der Waals surface area contributed by atoms with Crippen LogP contribution < -0.4 is 14.4 Å². The van der Waals surface area contributed by atoms with Crippen molar-refractivity contribution in [2.45, 2.75) is 62.5 Å². The van der Waals surface area contributed by atoms with Crippen molar-refractivity contribution >= 4 is 11.7 Å². The summed E-state index contributed by atoms with van der Waals surface area (Å²) in [5.41, 5.74) is 0.769. The van der Waals surface area contributed by atoms with Crippen molar-refractivity contribution in [2.24, 2.45) is 5.41 Å². The third kappa shape index (κ3) is 3.65. The number of nitrogens with zero attached hydrogens (tertiary/aromatic N) is 2. The lowest BCUT2D eigenvalue weighted by Crippen LogP contribution is -2.80. The lowest BCUT2D eigenvalue weighted by Gasteiger charge is -2.64. The van der Waals surface area contributed by atoms with Gasteiger partial charge in [0.05, 0.1) is 33.5 Å². The van der Waals surface area contributed by atoms with Gasteiger partial charge in [0.25, 0.3) is 0 Å². The predicted molar refractivity (Wildman–Crippen MR) is 152 cm³/mol. The Morgan fingerprint density at radius 3 is 2.48 bits per heavy atom. The molecule has 6 atom stereocenters. The Balaban J connectivity index is 1.49. The molecule has 40 heavy (non-hydrogen) atoms. The molecule has 0 amide bonds. The van der Waals surface area contributed by atoms with Gasteiger partial charge in [0, 0.05) is 49.1 Å². The van der Waals surface area contributed by atoms with Crippen molar-refractivity contribution in [2.75, 3.05) is 45.9 Å². The molecule has 0 bridgehead atoms. The Morgan fingerprint density at radius 2 is 1.80 bits per heavy atom. The topological polar surface area (TPSA) is 80.7 Å². The number of ether oxygens (including phenoxy) is 4. The van der Waals surface area contributed by atoms with Crippen molar-refractivity contribution in [3.63, 3.8) is 0 Å². The lowest BCUT2D eigenvalue weighted by atomic mass is 9.48. The molecule has 1 N–H and O–H groups in total. The summed E-state index contributed by atoms with van der Waals surface area (Å²) < 4.78 is 23.5. The second-order valence-electron chi connectivity index (χ2n) is 11.8. The Hall–Kier alpha value is -3.07. The van der Waals surface area contributed by atoms with Gasteiger partial charge in [0.1, 0.15) is 23.2 Å². The molecular formula is C32H40N2O6. The first-order valence-electron chi connectivity index (χ1n) is 14.2. The molecule has 2 aromatic rings. The van der Waals surface area contributed by atoms with Crippen LogP contribution >= 0.6 is 0 Å². The zero-order chi connectivity index (χ0) is 28.3. The third-order valence-corrected chi connectivity index (χ3v) is 9.98. The number of carbonyl (C=O) groups excluding carboxylic acids is 1. The molecule has 6 rings (SSSR count). The molecule has 0 aromatic heterocycles. The normalized spacial score (nSPS) is 33.8. The molecule has 4 aliphatic rings. The maximum absolute atomic E-state index is 13.1. The molecule has 2 aromatic carbocycles. The van der Waals surface area contributed by atoms with E-state index in [0.717, 1.165) is 42.3 Å². The van der Waals surface area contributed by atoms with Crippen molar-refractivity contribution < 1.29 is 28.8 Å². The van der Waals surface area contributed by atoms with Crippen molar-refractivity contribution in [3.8, 4) is 11.5 Å². The highest BCUT2D eigenvalue weighted by Gasteiger charge is 2.77. The molecule has 8 heteroatoms. The lowest BCUT2D eigenvalue weighted by molar-refractivity contribution is -0.234. The average molecular weight is 549 g/mol. The zero-order valence-electron chi connectivity index (χ0n) is 24.1. The minimum atomic E-state index is -1.50. The molecule has 3 heterocycles. The number of aliphatic hydroxyl groups is 1. The van der Waals surface area contributed by atoms with E-state index < -0.39 is 23.1 Å². The first-order chi connectivity index (χ1) is 19.2. The van der Waals surface area contributed by atoms with Gasteiger partial charge >= 0.3 is 5.97 Å². The fourth-order valence-corrected chi connectivity index (χ4v) is 8.66. The molecule has 1 unspecified atom stereocenters. The smallest absolute Gasteiger partial charge is 0.303 e. The number of anilines is 1. The van der Waals surface area contributed by atoms with Crippen LogP contribution in [0.3, 0.4) is 0 Å². The van der Waals surface area contributed by atoms with E-state index in [-0.39, 0.29) is 24.1 Å². The number of hydrogen-bond acceptors (Lipinski definition) is 8. The number of likely N-dealkylation sites (N-methyl/N-ethyl adjacent to an activating group) is 1. The molecule has 3 aliphatic heterocycles. The number of hydrogen-bond donors (Lipinski definition) is 1. The van der Waals surface area contributed by atoms with Crippen LogP contribution in [0.15, 0.2) is 54.6 Å². The summed E-state index contributed by atoms with van der Waals surface area (Å²) in [6, 6.07) is 13.7. The highest BCUT2D eigenvalue weighted by atomic mass is 16.6. The van der Waals surface area contributed by atoms with Gasteiger partial charge < -0.3 is 29.0 Å². The second kappa shape index (κ2) is 9.79. The summed E-state index contributed by atoms with van der Waals surface area (Å²) in [6.07, 6.45) is 5.22. The fourth-order valence-electron chi connectivity index (χ4n) is 8.66. The van der Waals surface area contributed by atoms with Gasteiger partial charge in [0.15, 0.2) is 0 Å². The van der Waals surface area contributed by atoms with Crippen LogP contribution in [0, 0.1) is 5.41 Å². The number of carbonyl (C=O) groups is 1. The van der Waals surface area contributed by atoms with Crippen LogP contribution in [0.1, 0.15) is 37.8 Å². The van der Waals surface area contributed by atoms with Crippen molar-refractivity contribution in [1.82, 2.24) is 4.90 Å². The van der Waals surface area contributed by atoms with Gasteiger partial charge in [-0.25, -0.2) is 0 Å². The van der Waals surface area contributed by atoms with Gasteiger partial charge in [-0.05, 0) is 48.7 Å². The quantitative estimate of drug-likeness (QED) is 0.395. The highest BCUT2D eigenvalue weighted by Crippen LogP contribution is 2.67. The van der Waals surface area contributed by atoms with Crippen LogP contribution in [-0.4, -0.2) is 80.7 Å². The molecule has 1 saturated heterocycles. The first-order valence-corrected chi connectivity index (χ1v) is 14.2. The minimum absolute atomic E-state index is 0.0150. The van der Waals surface area contributed by atoms with Crippen LogP contribution in [0.5, 0.6) is 11.5 Å². The Labute approximate surface area is 236 Å². The average Bonchev–Trinajstić information content (AvgIpc) is 3.47. The summed E-state index contributed by atoms with van der Waals surface area (Å²) in [7, 11) is 5.35. The van der Waals surface area contributed by atoms with E-state index in [1.807, 2.05) is 37.4 Å². The highest BCUT2D eigenvalue weighted by molar-refractivity contribution is 5.71. The monoisotopic (exact) mass is 548 g/mol. The van der Waals surface area contributed by atoms with E-state index in [1.165, 1.54) is 12.5 Å². The van der Waals surface area contributed by atoms with Crippen LogP contribution in [-0.2, 0) is 26.3 Å². The predicted octanol–water partition coefficient (Wildman–Crippen LogP) is 3.69. The fraction of sp³-hybridized carbons (Fsp3) is 0.531. The van der Waals surface area contributed by atoms with E-state index in [1.54, 1.807) is 14.2 Å². The molecular weight excluding hydrogens is 508 g/mol. The molecule has 1 aliphatic carbocycles. The number of fused-ring (bicyclic) bond motifs is 1. The summed E-state index contributed by atoms with van der Waals surface area (Å²) in [5, 5.41) is 13.1. The standard InChI is InChI=1S/C32H40N2O6/c1-6-30-14-7-16-34-17-15-31(27(30)34)25-13-12-24(38-5)18-26(25)33(3)28(31)32(36,29(30)40-21(2)35)20-39-19-22-8-10-23(37-4)11-9-22/h7-14,18,27-29,36H,6,15-17,19-20H2,1-5H3/t27?,28-,29-,30-,31-,32+/m1/s1. The SMILES string of the molecule is CC[C@]12C=CCN3CC[C@@]4(c5ccc(OC)cc5N(C)[C@H]4[C@@](O)(COCc4ccc(OC)cc4)[C@@H]1OC(C)=O)C32. The molecule has 214 valence electrons. The Morgan fingerprint density at radius 1 is 1.07 bits per heavy atom. The third-order valence-electron chi connectivity index (χ3n) is 9.98. The Kier molecular flexibility index (Phi) is 6.63. The van der Waals surface area contributed by atoms with E-state index in [4.69, 9.17) is 18.9 Å². The van der Waals surface area contributed by atoms with Gasteiger partial charge in [-0.1, -0.05) is 37.3 Å². The number of benzene rings is 2. The number of methoxy groups -OCH3 is 2. The van der Waals surface area contributed by atoms with Gasteiger partial charge in [-0.2, -0.15) is 0 Å². The van der Waals surface area contributed by atoms with Crippen molar-refractivity contribution in [3.05, 3.63) is 65.7 Å². The molecule has 1 spiro atoms. The van der Waals surface area contributed by atoms with Gasteiger partial charge in [-0.3, -0.25) is 9.69 Å². The van der Waals surface area contributed by atoms with E-state index in [9.17, 15) is 9.90 Å². The van der Waals surface area contributed by atoms with E-state index >= 15 is 0 Å². The van der Waals surface area contributed by atoms with Crippen LogP contribution in [0.25, 0.3) is 0 Å². The molecule has 0 radical (unpaired) electrons. The summed E-state index contributed by atoms with van der Waals surface area (Å²) in [5.74, 6) is 1.15. The summed E-state index contributed by atoms with van der Waals surface area (Å²) in [6.45, 7) is 5.65. The van der Waals surface area contributed by atoms with Gasteiger partial charge in [0.2, 0.25) is 0 Å². The minimum Gasteiger partial charge on any atom is -0.497 e. The maximum atomic E-state index is 13.1. The molecule has 2 fully saturated rings. The van der Waals surface area contributed by atoms with Crippen molar-refractivity contribution in [1.29, 1.82) is 0 Å².